The van der Waals surface area contributed by atoms with E-state index in [0.717, 1.165) is 6.42 Å². The Bertz CT molecular complexity index is 260. The van der Waals surface area contributed by atoms with Gasteiger partial charge in [0.2, 0.25) is 0 Å². The summed E-state index contributed by atoms with van der Waals surface area (Å²) >= 11 is 0. The molecule has 0 rings (SSSR count). The van der Waals surface area contributed by atoms with E-state index in [4.69, 9.17) is 18.9 Å². The van der Waals surface area contributed by atoms with Gasteiger partial charge >= 0.3 is 5.97 Å². The molecular formula is C16H32O5. The molecule has 0 aliphatic rings. The minimum absolute atomic E-state index is 0.147. The topological polar surface area (TPSA) is 54.0 Å². The molecule has 0 aliphatic heterocycles. The van der Waals surface area contributed by atoms with Crippen molar-refractivity contribution < 1.29 is 23.7 Å². The summed E-state index contributed by atoms with van der Waals surface area (Å²) in [5, 5.41) is 0. The molecule has 5 nitrogen and oxygen atoms in total. The number of esters is 1. The molecule has 0 aromatic rings. The molecule has 21 heavy (non-hydrogen) atoms. The summed E-state index contributed by atoms with van der Waals surface area (Å²) in [6.45, 7) is 11.5. The van der Waals surface area contributed by atoms with Crippen molar-refractivity contribution in [1.29, 1.82) is 0 Å². The predicted molar refractivity (Wildman–Crippen MR) is 82.3 cm³/mol. The lowest BCUT2D eigenvalue weighted by atomic mass is 9.84. The van der Waals surface area contributed by atoms with Crippen LogP contribution in [0.1, 0.15) is 40.5 Å². The van der Waals surface area contributed by atoms with E-state index in [-0.39, 0.29) is 11.4 Å². The van der Waals surface area contributed by atoms with Crippen LogP contribution in [0.2, 0.25) is 0 Å². The smallest absolute Gasteiger partial charge is 0.306 e. The lowest BCUT2D eigenvalue weighted by Gasteiger charge is -2.22. The van der Waals surface area contributed by atoms with Crippen LogP contribution in [0.3, 0.4) is 0 Å². The van der Waals surface area contributed by atoms with E-state index in [9.17, 15) is 4.79 Å². The molecule has 0 spiro atoms. The highest BCUT2D eigenvalue weighted by Crippen LogP contribution is 2.25. The Morgan fingerprint density at radius 3 is 2.00 bits per heavy atom. The van der Waals surface area contributed by atoms with Gasteiger partial charge in [-0.3, -0.25) is 4.79 Å². The third-order valence-electron chi connectivity index (χ3n) is 2.77. The Labute approximate surface area is 129 Å². The van der Waals surface area contributed by atoms with Crippen LogP contribution in [0.5, 0.6) is 0 Å². The van der Waals surface area contributed by atoms with E-state index in [1.54, 1.807) is 7.11 Å². The van der Waals surface area contributed by atoms with Crippen LogP contribution in [0.15, 0.2) is 0 Å². The van der Waals surface area contributed by atoms with Crippen molar-refractivity contribution in [2.24, 2.45) is 11.3 Å². The molecule has 0 amide bonds. The Morgan fingerprint density at radius 1 is 0.952 bits per heavy atom. The minimum atomic E-state index is -0.147. The Kier molecular flexibility index (Phi) is 11.6. The molecule has 0 heterocycles. The summed E-state index contributed by atoms with van der Waals surface area (Å²) in [5.74, 6) is 0.194. The average molecular weight is 304 g/mol. The molecule has 0 aromatic carbocycles. The van der Waals surface area contributed by atoms with Gasteiger partial charge in [-0.15, -0.1) is 0 Å². The summed E-state index contributed by atoms with van der Waals surface area (Å²) in [6, 6.07) is 0. The monoisotopic (exact) mass is 304 g/mol. The zero-order chi connectivity index (χ0) is 16.1. The number of ether oxygens (including phenoxy) is 4. The first kappa shape index (κ1) is 20.3. The lowest BCUT2D eigenvalue weighted by molar-refractivity contribution is -0.146. The first-order valence-electron chi connectivity index (χ1n) is 7.65. The second-order valence-electron chi connectivity index (χ2n) is 6.51. The van der Waals surface area contributed by atoms with Crippen LogP contribution in [0.4, 0.5) is 0 Å². The third kappa shape index (κ3) is 15.6. The van der Waals surface area contributed by atoms with Crippen molar-refractivity contribution in [1.82, 2.24) is 0 Å². The van der Waals surface area contributed by atoms with Crippen LogP contribution in [0, 0.1) is 11.3 Å². The van der Waals surface area contributed by atoms with Gasteiger partial charge in [-0.05, 0) is 17.8 Å². The van der Waals surface area contributed by atoms with Crippen molar-refractivity contribution in [3.63, 3.8) is 0 Å². The van der Waals surface area contributed by atoms with E-state index in [0.29, 0.717) is 52.0 Å². The molecule has 0 saturated carbocycles. The van der Waals surface area contributed by atoms with Crippen LogP contribution in [-0.4, -0.2) is 52.7 Å². The third-order valence-corrected chi connectivity index (χ3v) is 2.77. The number of hydrogen-bond donors (Lipinski definition) is 0. The highest BCUT2D eigenvalue weighted by molar-refractivity contribution is 5.69. The summed E-state index contributed by atoms with van der Waals surface area (Å²) in [7, 11) is 1.64. The largest absolute Gasteiger partial charge is 0.463 e. The Balaban J connectivity index is 3.42. The van der Waals surface area contributed by atoms with Crippen molar-refractivity contribution >= 4 is 5.97 Å². The van der Waals surface area contributed by atoms with Gasteiger partial charge in [0.25, 0.3) is 0 Å². The maximum atomic E-state index is 11.6. The van der Waals surface area contributed by atoms with Gasteiger partial charge in [-0.1, -0.05) is 27.7 Å². The van der Waals surface area contributed by atoms with Crippen LogP contribution >= 0.6 is 0 Å². The van der Waals surface area contributed by atoms with E-state index in [1.165, 1.54) is 0 Å². The highest BCUT2D eigenvalue weighted by Gasteiger charge is 2.18. The van der Waals surface area contributed by atoms with Crippen LogP contribution in [-0.2, 0) is 23.7 Å². The maximum absolute atomic E-state index is 11.6. The SMILES string of the molecule is COCCOCCOCCOC(=O)CC(C)CC(C)(C)C. The highest BCUT2D eigenvalue weighted by atomic mass is 16.6. The zero-order valence-electron chi connectivity index (χ0n) is 14.3. The lowest BCUT2D eigenvalue weighted by Crippen LogP contribution is -2.18. The number of carbonyl (C=O) groups is 1. The number of hydrogen-bond acceptors (Lipinski definition) is 5. The van der Waals surface area contributed by atoms with Gasteiger partial charge < -0.3 is 18.9 Å². The Hall–Kier alpha value is -0.650. The van der Waals surface area contributed by atoms with Crippen LogP contribution in [0.25, 0.3) is 0 Å². The Morgan fingerprint density at radius 2 is 1.48 bits per heavy atom. The number of methoxy groups -OCH3 is 1. The van der Waals surface area contributed by atoms with Gasteiger partial charge in [0.05, 0.1) is 33.0 Å². The molecule has 0 radical (unpaired) electrons. The summed E-state index contributed by atoms with van der Waals surface area (Å²) in [6.07, 6.45) is 1.48. The standard InChI is InChI=1S/C16H32O5/c1-14(13-16(2,3)4)12-15(17)21-11-10-20-9-8-19-7-6-18-5/h14H,6-13H2,1-5H3. The first-order valence-corrected chi connectivity index (χ1v) is 7.65. The fourth-order valence-corrected chi connectivity index (χ4v) is 2.14. The summed E-state index contributed by atoms with van der Waals surface area (Å²) < 4.78 is 20.5. The molecule has 0 aromatic heterocycles. The minimum Gasteiger partial charge on any atom is -0.463 e. The van der Waals surface area contributed by atoms with Crippen molar-refractivity contribution in [3.8, 4) is 0 Å². The quantitative estimate of drug-likeness (QED) is 0.410. The molecule has 0 fully saturated rings. The molecule has 5 heteroatoms. The van der Waals surface area contributed by atoms with Gasteiger partial charge in [0.15, 0.2) is 0 Å². The van der Waals surface area contributed by atoms with Gasteiger partial charge in [-0.25, -0.2) is 0 Å². The maximum Gasteiger partial charge on any atom is 0.306 e. The second kappa shape index (κ2) is 12.0. The van der Waals surface area contributed by atoms with Gasteiger partial charge in [0.1, 0.15) is 6.61 Å². The van der Waals surface area contributed by atoms with Gasteiger partial charge in [-0.2, -0.15) is 0 Å². The summed E-state index contributed by atoms with van der Waals surface area (Å²) in [5.41, 5.74) is 0.242. The molecule has 126 valence electrons. The van der Waals surface area contributed by atoms with E-state index < -0.39 is 0 Å². The number of rotatable bonds is 12. The predicted octanol–water partition coefficient (Wildman–Crippen LogP) is 2.67. The average Bonchev–Trinajstić information content (AvgIpc) is 2.34. The summed E-state index contributed by atoms with van der Waals surface area (Å²) in [4.78, 5) is 11.6. The molecular weight excluding hydrogens is 272 g/mol. The van der Waals surface area contributed by atoms with E-state index in [1.807, 2.05) is 0 Å². The fraction of sp³-hybridized carbons (Fsp3) is 0.938. The zero-order valence-corrected chi connectivity index (χ0v) is 14.3. The van der Waals surface area contributed by atoms with Crippen molar-refractivity contribution in [2.45, 2.75) is 40.5 Å². The molecule has 1 unspecified atom stereocenters. The molecule has 0 aliphatic carbocycles. The van der Waals surface area contributed by atoms with E-state index >= 15 is 0 Å². The molecule has 0 bridgehead atoms. The second-order valence-corrected chi connectivity index (χ2v) is 6.51. The molecule has 0 N–H and O–H groups in total. The molecule has 0 saturated heterocycles. The van der Waals surface area contributed by atoms with Gasteiger partial charge in [0, 0.05) is 13.5 Å². The first-order chi connectivity index (χ1) is 9.85. The molecule has 1 atom stereocenters. The van der Waals surface area contributed by atoms with Crippen LogP contribution < -0.4 is 0 Å². The fourth-order valence-electron chi connectivity index (χ4n) is 2.14. The van der Waals surface area contributed by atoms with Crippen molar-refractivity contribution in [3.05, 3.63) is 0 Å². The number of carbonyl (C=O) groups excluding carboxylic acids is 1. The normalized spacial score (nSPS) is 13.2. The van der Waals surface area contributed by atoms with Crippen molar-refractivity contribution in [2.75, 3.05) is 46.8 Å². The van der Waals surface area contributed by atoms with E-state index in [2.05, 4.69) is 27.7 Å².